The summed E-state index contributed by atoms with van der Waals surface area (Å²) in [6, 6.07) is 7.60. The Labute approximate surface area is 124 Å². The van der Waals surface area contributed by atoms with E-state index in [0.717, 1.165) is 12.1 Å². The second-order valence-corrected chi connectivity index (χ2v) is 4.66. The Morgan fingerprint density at radius 2 is 1.90 bits per heavy atom. The third kappa shape index (κ3) is 3.49. The molecule has 2 aromatic rings. The van der Waals surface area contributed by atoms with Crippen molar-refractivity contribution in [2.24, 2.45) is 0 Å². The quantitative estimate of drug-likeness (QED) is 0.760. The molecule has 0 aliphatic rings. The number of carbonyl (C=O) groups is 2. The lowest BCUT2D eigenvalue weighted by Crippen LogP contribution is -2.13. The summed E-state index contributed by atoms with van der Waals surface area (Å²) >= 11 is 5.79. The van der Waals surface area contributed by atoms with Crippen molar-refractivity contribution < 1.29 is 19.1 Å². The second-order valence-electron chi connectivity index (χ2n) is 4.23. The molecule has 0 spiro atoms. The first-order chi connectivity index (χ1) is 9.86. The molecule has 0 radical (unpaired) electrons. The minimum absolute atomic E-state index is 0.126. The Kier molecular flexibility index (Phi) is 4.09. The van der Waals surface area contributed by atoms with Gasteiger partial charge in [-0.05, 0) is 36.4 Å². The molecule has 0 unspecified atom stereocenters. The molecule has 7 heteroatoms. The van der Waals surface area contributed by atoms with E-state index in [1.54, 1.807) is 0 Å². The molecular formula is C14H10ClFN2O3. The highest BCUT2D eigenvalue weighted by atomic mass is 35.5. The molecule has 0 fully saturated rings. The third-order valence-electron chi connectivity index (χ3n) is 2.64. The van der Waals surface area contributed by atoms with Gasteiger partial charge in [-0.25, -0.2) is 9.18 Å². The Bertz CT molecular complexity index is 714. The first-order valence-corrected chi connectivity index (χ1v) is 6.15. The molecule has 0 atom stereocenters. The van der Waals surface area contributed by atoms with E-state index in [4.69, 9.17) is 22.4 Å². The van der Waals surface area contributed by atoms with E-state index >= 15 is 0 Å². The highest BCUT2D eigenvalue weighted by Gasteiger charge is 2.13. The summed E-state index contributed by atoms with van der Waals surface area (Å²) in [5.74, 6) is -2.86. The summed E-state index contributed by atoms with van der Waals surface area (Å²) in [6.07, 6.45) is 0. The zero-order chi connectivity index (χ0) is 15.6. The number of benzene rings is 2. The van der Waals surface area contributed by atoms with Crippen LogP contribution in [-0.4, -0.2) is 17.0 Å². The maximum absolute atomic E-state index is 13.5. The zero-order valence-corrected chi connectivity index (χ0v) is 11.3. The van der Waals surface area contributed by atoms with E-state index in [0.29, 0.717) is 10.7 Å². The number of rotatable bonds is 3. The van der Waals surface area contributed by atoms with Crippen molar-refractivity contribution in [3.05, 3.63) is 58.4 Å². The number of nitrogen functional groups attached to an aromatic ring is 1. The average molecular weight is 309 g/mol. The monoisotopic (exact) mass is 308 g/mol. The molecule has 0 heterocycles. The highest BCUT2D eigenvalue weighted by Crippen LogP contribution is 2.19. The first kappa shape index (κ1) is 14.8. The molecule has 0 aliphatic carbocycles. The molecule has 0 saturated carbocycles. The van der Waals surface area contributed by atoms with Gasteiger partial charge in [0.05, 0.1) is 5.56 Å². The molecule has 0 bridgehead atoms. The number of carboxylic acid groups (broad SMARTS) is 1. The van der Waals surface area contributed by atoms with Crippen molar-refractivity contribution in [3.8, 4) is 0 Å². The fraction of sp³-hybridized carbons (Fsp3) is 0. The Morgan fingerprint density at radius 3 is 2.48 bits per heavy atom. The lowest BCUT2D eigenvalue weighted by atomic mass is 10.1. The van der Waals surface area contributed by atoms with Crippen molar-refractivity contribution in [2.75, 3.05) is 11.1 Å². The Morgan fingerprint density at radius 1 is 1.19 bits per heavy atom. The van der Waals surface area contributed by atoms with Crippen LogP contribution in [0.5, 0.6) is 0 Å². The minimum atomic E-state index is -1.38. The minimum Gasteiger partial charge on any atom is -0.478 e. The van der Waals surface area contributed by atoms with Gasteiger partial charge in [0.15, 0.2) is 0 Å². The lowest BCUT2D eigenvalue weighted by molar-refractivity contribution is 0.0692. The summed E-state index contributed by atoms with van der Waals surface area (Å²) in [5.41, 5.74) is 5.76. The smallest absolute Gasteiger partial charge is 0.338 e. The maximum Gasteiger partial charge on any atom is 0.338 e. The van der Waals surface area contributed by atoms with Crippen molar-refractivity contribution in [2.45, 2.75) is 0 Å². The SMILES string of the molecule is Nc1cc(Cl)cc(C(=O)Nc2ccc(C(=O)O)c(F)c2)c1. The van der Waals surface area contributed by atoms with Crippen LogP contribution in [0.2, 0.25) is 5.02 Å². The average Bonchev–Trinajstić information content (AvgIpc) is 2.37. The number of nitrogens with two attached hydrogens (primary N) is 1. The van der Waals surface area contributed by atoms with Gasteiger partial charge >= 0.3 is 5.97 Å². The third-order valence-corrected chi connectivity index (χ3v) is 2.86. The number of aromatic carboxylic acids is 1. The molecule has 108 valence electrons. The van der Waals surface area contributed by atoms with Crippen LogP contribution in [0.4, 0.5) is 15.8 Å². The van der Waals surface area contributed by atoms with E-state index in [2.05, 4.69) is 5.32 Å². The van der Waals surface area contributed by atoms with Crippen molar-refractivity contribution in [1.82, 2.24) is 0 Å². The summed E-state index contributed by atoms with van der Waals surface area (Å²) < 4.78 is 13.5. The molecule has 0 saturated heterocycles. The normalized spacial score (nSPS) is 10.2. The number of halogens is 2. The summed E-state index contributed by atoms with van der Waals surface area (Å²) in [6.45, 7) is 0. The molecule has 4 N–H and O–H groups in total. The number of hydrogen-bond donors (Lipinski definition) is 3. The van der Waals surface area contributed by atoms with Crippen molar-refractivity contribution in [1.29, 1.82) is 0 Å². The Hall–Kier alpha value is -2.60. The highest BCUT2D eigenvalue weighted by molar-refractivity contribution is 6.31. The van der Waals surface area contributed by atoms with Gasteiger partial charge in [-0.1, -0.05) is 11.6 Å². The van der Waals surface area contributed by atoms with E-state index < -0.39 is 23.3 Å². The summed E-state index contributed by atoms with van der Waals surface area (Å²) in [5, 5.41) is 11.5. The molecule has 5 nitrogen and oxygen atoms in total. The number of hydrogen-bond acceptors (Lipinski definition) is 3. The van der Waals surface area contributed by atoms with E-state index in [1.807, 2.05) is 0 Å². The zero-order valence-electron chi connectivity index (χ0n) is 10.6. The van der Waals surface area contributed by atoms with Crippen LogP contribution in [0.15, 0.2) is 36.4 Å². The molecule has 2 aromatic carbocycles. The van der Waals surface area contributed by atoms with Gasteiger partial charge < -0.3 is 16.2 Å². The van der Waals surface area contributed by atoms with Gasteiger partial charge in [-0.2, -0.15) is 0 Å². The topological polar surface area (TPSA) is 92.4 Å². The molecular weight excluding hydrogens is 299 g/mol. The van der Waals surface area contributed by atoms with Crippen LogP contribution in [0.25, 0.3) is 0 Å². The molecule has 21 heavy (non-hydrogen) atoms. The van der Waals surface area contributed by atoms with Gasteiger partial charge in [-0.15, -0.1) is 0 Å². The fourth-order valence-electron chi connectivity index (χ4n) is 1.71. The summed E-state index contributed by atoms with van der Waals surface area (Å²) in [4.78, 5) is 22.7. The van der Waals surface area contributed by atoms with E-state index in [-0.39, 0.29) is 11.3 Å². The Balaban J connectivity index is 2.23. The number of anilines is 2. The van der Waals surface area contributed by atoms with E-state index in [1.165, 1.54) is 24.3 Å². The first-order valence-electron chi connectivity index (χ1n) is 5.77. The van der Waals surface area contributed by atoms with Gasteiger partial charge in [0, 0.05) is 22.0 Å². The van der Waals surface area contributed by atoms with Crippen LogP contribution in [-0.2, 0) is 0 Å². The maximum atomic E-state index is 13.5. The van der Waals surface area contributed by atoms with E-state index in [9.17, 15) is 14.0 Å². The number of carbonyl (C=O) groups excluding carboxylic acids is 1. The van der Waals surface area contributed by atoms with Gasteiger partial charge in [0.1, 0.15) is 5.82 Å². The second kappa shape index (κ2) is 5.80. The van der Waals surface area contributed by atoms with Gasteiger partial charge in [-0.3, -0.25) is 4.79 Å². The summed E-state index contributed by atoms with van der Waals surface area (Å²) in [7, 11) is 0. The largest absolute Gasteiger partial charge is 0.478 e. The van der Waals surface area contributed by atoms with Crippen LogP contribution < -0.4 is 11.1 Å². The lowest BCUT2D eigenvalue weighted by Gasteiger charge is -2.07. The number of amides is 1. The van der Waals surface area contributed by atoms with Crippen LogP contribution in [0.1, 0.15) is 20.7 Å². The number of carboxylic acids is 1. The molecule has 0 aliphatic heterocycles. The fourth-order valence-corrected chi connectivity index (χ4v) is 1.96. The van der Waals surface area contributed by atoms with Crippen LogP contribution in [0, 0.1) is 5.82 Å². The number of nitrogens with one attached hydrogen (secondary N) is 1. The molecule has 0 aromatic heterocycles. The van der Waals surface area contributed by atoms with Crippen LogP contribution >= 0.6 is 11.6 Å². The standard InChI is InChI=1S/C14H10ClFN2O3/c15-8-3-7(4-9(17)5-8)13(19)18-10-1-2-11(14(20)21)12(16)6-10/h1-6H,17H2,(H,18,19)(H,20,21). The predicted octanol–water partition coefficient (Wildman–Crippen LogP) is 3.01. The predicted molar refractivity (Wildman–Crippen MR) is 77.2 cm³/mol. The van der Waals surface area contributed by atoms with Crippen molar-refractivity contribution >= 4 is 34.9 Å². The van der Waals surface area contributed by atoms with Crippen LogP contribution in [0.3, 0.4) is 0 Å². The van der Waals surface area contributed by atoms with Gasteiger partial charge in [0.25, 0.3) is 5.91 Å². The van der Waals surface area contributed by atoms with Gasteiger partial charge in [0.2, 0.25) is 0 Å². The molecule has 2 rings (SSSR count). The van der Waals surface area contributed by atoms with Crippen molar-refractivity contribution in [3.63, 3.8) is 0 Å². The molecule has 1 amide bonds.